The Kier molecular flexibility index (Phi) is 5.99. The molecule has 0 fully saturated rings. The molecular weight excluding hydrogens is 226 g/mol. The Labute approximate surface area is 110 Å². The molecule has 1 atom stereocenters. The summed E-state index contributed by atoms with van der Waals surface area (Å²) < 4.78 is 11.0. The Hall–Kier alpha value is -1.22. The minimum atomic E-state index is -0.0315. The fourth-order valence-corrected chi connectivity index (χ4v) is 1.82. The van der Waals surface area contributed by atoms with Crippen LogP contribution in [0.3, 0.4) is 0 Å². The third-order valence-corrected chi connectivity index (χ3v) is 2.89. The van der Waals surface area contributed by atoms with Gasteiger partial charge < -0.3 is 15.2 Å². The maximum atomic E-state index is 5.94. The second kappa shape index (κ2) is 7.27. The first kappa shape index (κ1) is 14.8. The predicted octanol–water partition coefficient (Wildman–Crippen LogP) is 3.53. The number of hydrogen-bond donors (Lipinski definition) is 1. The van der Waals surface area contributed by atoms with Gasteiger partial charge in [0.25, 0.3) is 0 Å². The van der Waals surface area contributed by atoms with Gasteiger partial charge in [-0.25, -0.2) is 0 Å². The summed E-state index contributed by atoms with van der Waals surface area (Å²) in [4.78, 5) is 0. The summed E-state index contributed by atoms with van der Waals surface area (Å²) in [6.45, 7) is 7.13. The van der Waals surface area contributed by atoms with Crippen molar-refractivity contribution in [1.82, 2.24) is 0 Å². The molecule has 0 saturated heterocycles. The normalized spacial score (nSPS) is 12.6. The van der Waals surface area contributed by atoms with Crippen molar-refractivity contribution in [3.63, 3.8) is 0 Å². The van der Waals surface area contributed by atoms with Crippen molar-refractivity contribution < 1.29 is 9.47 Å². The molecule has 18 heavy (non-hydrogen) atoms. The summed E-state index contributed by atoms with van der Waals surface area (Å²) in [5, 5.41) is 0. The maximum absolute atomic E-state index is 5.94. The van der Waals surface area contributed by atoms with Crippen LogP contribution in [-0.2, 0) is 0 Å². The molecule has 102 valence electrons. The van der Waals surface area contributed by atoms with Gasteiger partial charge in [0.15, 0.2) is 0 Å². The van der Waals surface area contributed by atoms with E-state index in [2.05, 4.69) is 13.8 Å². The Bertz CT molecular complexity index is 362. The lowest BCUT2D eigenvalue weighted by molar-refractivity contribution is 0.291. The Balaban J connectivity index is 2.66. The van der Waals surface area contributed by atoms with Crippen molar-refractivity contribution in [3.05, 3.63) is 23.8 Å². The molecule has 0 aliphatic rings. The molecule has 0 amide bonds. The maximum Gasteiger partial charge on any atom is 0.127 e. The lowest BCUT2D eigenvalue weighted by Crippen LogP contribution is -2.09. The van der Waals surface area contributed by atoms with Gasteiger partial charge in [-0.3, -0.25) is 0 Å². The zero-order valence-corrected chi connectivity index (χ0v) is 11.9. The zero-order chi connectivity index (χ0) is 13.5. The zero-order valence-electron chi connectivity index (χ0n) is 11.9. The largest absolute Gasteiger partial charge is 0.497 e. The molecule has 1 unspecified atom stereocenters. The third kappa shape index (κ3) is 4.57. The number of methoxy groups -OCH3 is 1. The van der Waals surface area contributed by atoms with Gasteiger partial charge in [-0.2, -0.15) is 0 Å². The Morgan fingerprint density at radius 3 is 2.50 bits per heavy atom. The van der Waals surface area contributed by atoms with Gasteiger partial charge >= 0.3 is 0 Å². The smallest absolute Gasteiger partial charge is 0.127 e. The lowest BCUT2D eigenvalue weighted by Gasteiger charge is -2.15. The summed E-state index contributed by atoms with van der Waals surface area (Å²) in [5.41, 5.74) is 6.97. The molecule has 1 aromatic carbocycles. The van der Waals surface area contributed by atoms with Gasteiger partial charge in [-0.1, -0.05) is 19.9 Å². The molecule has 0 aliphatic carbocycles. The van der Waals surface area contributed by atoms with E-state index in [1.807, 2.05) is 25.1 Å². The SMILES string of the molecule is COc1ccc(C(C)N)c(OCCCC(C)C)c1. The monoisotopic (exact) mass is 251 g/mol. The van der Waals surface area contributed by atoms with E-state index in [-0.39, 0.29) is 6.04 Å². The van der Waals surface area contributed by atoms with Crippen LogP contribution in [0.5, 0.6) is 11.5 Å². The van der Waals surface area contributed by atoms with Gasteiger partial charge in [-0.05, 0) is 31.7 Å². The molecule has 0 aromatic heterocycles. The van der Waals surface area contributed by atoms with E-state index in [4.69, 9.17) is 15.2 Å². The van der Waals surface area contributed by atoms with Gasteiger partial charge in [0.2, 0.25) is 0 Å². The number of nitrogens with two attached hydrogens (primary N) is 1. The molecule has 3 heteroatoms. The highest BCUT2D eigenvalue weighted by Gasteiger charge is 2.09. The van der Waals surface area contributed by atoms with Crippen LogP contribution in [0.25, 0.3) is 0 Å². The van der Waals surface area contributed by atoms with Crippen molar-refractivity contribution in [3.8, 4) is 11.5 Å². The topological polar surface area (TPSA) is 44.5 Å². The third-order valence-electron chi connectivity index (χ3n) is 2.89. The molecule has 0 saturated carbocycles. The molecule has 1 rings (SSSR count). The van der Waals surface area contributed by atoms with Crippen LogP contribution in [0.4, 0.5) is 0 Å². The van der Waals surface area contributed by atoms with E-state index in [1.54, 1.807) is 7.11 Å². The minimum Gasteiger partial charge on any atom is -0.497 e. The molecule has 0 aliphatic heterocycles. The summed E-state index contributed by atoms with van der Waals surface area (Å²) in [6.07, 6.45) is 2.24. The van der Waals surface area contributed by atoms with Crippen LogP contribution in [0.2, 0.25) is 0 Å². The molecule has 0 spiro atoms. The van der Waals surface area contributed by atoms with Gasteiger partial charge in [0.05, 0.1) is 13.7 Å². The van der Waals surface area contributed by atoms with Crippen molar-refractivity contribution in [2.45, 2.75) is 39.7 Å². The van der Waals surface area contributed by atoms with Crippen LogP contribution in [0.1, 0.15) is 45.2 Å². The van der Waals surface area contributed by atoms with E-state index in [9.17, 15) is 0 Å². The first-order valence-electron chi connectivity index (χ1n) is 6.61. The fraction of sp³-hybridized carbons (Fsp3) is 0.600. The highest BCUT2D eigenvalue weighted by Crippen LogP contribution is 2.28. The molecular formula is C15H25NO2. The molecule has 1 aromatic rings. The first-order chi connectivity index (χ1) is 8.54. The number of benzene rings is 1. The van der Waals surface area contributed by atoms with Crippen LogP contribution < -0.4 is 15.2 Å². The van der Waals surface area contributed by atoms with E-state index >= 15 is 0 Å². The lowest BCUT2D eigenvalue weighted by atomic mass is 10.1. The van der Waals surface area contributed by atoms with E-state index in [1.165, 1.54) is 6.42 Å². The Morgan fingerprint density at radius 2 is 1.94 bits per heavy atom. The van der Waals surface area contributed by atoms with Crippen LogP contribution >= 0.6 is 0 Å². The predicted molar refractivity (Wildman–Crippen MR) is 75.2 cm³/mol. The van der Waals surface area contributed by atoms with Crippen molar-refractivity contribution in [1.29, 1.82) is 0 Å². The average Bonchev–Trinajstić information content (AvgIpc) is 2.33. The van der Waals surface area contributed by atoms with Crippen LogP contribution in [0, 0.1) is 5.92 Å². The van der Waals surface area contributed by atoms with Crippen LogP contribution in [-0.4, -0.2) is 13.7 Å². The first-order valence-corrected chi connectivity index (χ1v) is 6.61. The summed E-state index contributed by atoms with van der Waals surface area (Å²) in [7, 11) is 1.66. The molecule has 0 radical (unpaired) electrons. The van der Waals surface area contributed by atoms with E-state index in [0.29, 0.717) is 5.92 Å². The van der Waals surface area contributed by atoms with Crippen molar-refractivity contribution in [2.24, 2.45) is 11.7 Å². The molecule has 3 nitrogen and oxygen atoms in total. The second-order valence-electron chi connectivity index (χ2n) is 5.08. The number of ether oxygens (including phenoxy) is 2. The van der Waals surface area contributed by atoms with E-state index < -0.39 is 0 Å². The summed E-state index contributed by atoms with van der Waals surface area (Å²) in [6, 6.07) is 5.77. The van der Waals surface area contributed by atoms with Gasteiger partial charge in [0.1, 0.15) is 11.5 Å². The molecule has 0 heterocycles. The van der Waals surface area contributed by atoms with Crippen molar-refractivity contribution >= 4 is 0 Å². The average molecular weight is 251 g/mol. The number of rotatable bonds is 7. The standard InChI is InChI=1S/C15H25NO2/c1-11(2)6-5-9-18-15-10-13(17-4)7-8-14(15)12(3)16/h7-8,10-12H,5-6,9,16H2,1-4H3. The van der Waals surface area contributed by atoms with Gasteiger partial charge in [-0.15, -0.1) is 0 Å². The minimum absolute atomic E-state index is 0.0315. The fourth-order valence-electron chi connectivity index (χ4n) is 1.82. The molecule has 2 N–H and O–H groups in total. The van der Waals surface area contributed by atoms with E-state index in [0.717, 1.165) is 30.1 Å². The second-order valence-corrected chi connectivity index (χ2v) is 5.08. The number of hydrogen-bond acceptors (Lipinski definition) is 3. The van der Waals surface area contributed by atoms with Gasteiger partial charge in [0, 0.05) is 17.7 Å². The highest BCUT2D eigenvalue weighted by atomic mass is 16.5. The van der Waals surface area contributed by atoms with Crippen molar-refractivity contribution in [2.75, 3.05) is 13.7 Å². The highest BCUT2D eigenvalue weighted by molar-refractivity contribution is 5.42. The summed E-state index contributed by atoms with van der Waals surface area (Å²) in [5.74, 6) is 2.36. The van der Waals surface area contributed by atoms with Crippen LogP contribution in [0.15, 0.2) is 18.2 Å². The molecule has 0 bridgehead atoms. The summed E-state index contributed by atoms with van der Waals surface area (Å²) >= 11 is 0. The quantitative estimate of drug-likeness (QED) is 0.754. The Morgan fingerprint density at radius 1 is 1.22 bits per heavy atom.